The summed E-state index contributed by atoms with van der Waals surface area (Å²) >= 11 is 0.669. The number of alkyl halides is 3. The van der Waals surface area contributed by atoms with Crippen molar-refractivity contribution in [2.75, 3.05) is 0 Å². The first-order valence-electron chi connectivity index (χ1n) is 6.18. The zero-order valence-electron chi connectivity index (χ0n) is 11.3. The molecule has 0 aliphatic heterocycles. The Bertz CT molecular complexity index is 678. The van der Waals surface area contributed by atoms with Crippen molar-refractivity contribution in [1.82, 2.24) is 9.97 Å². The molecule has 0 aliphatic carbocycles. The molecule has 4 nitrogen and oxygen atoms in total. The second kappa shape index (κ2) is 6.35. The Hall–Kier alpha value is -2.09. The first-order valence-corrected chi connectivity index (χ1v) is 7.06. The van der Waals surface area contributed by atoms with E-state index in [1.54, 1.807) is 30.3 Å². The van der Waals surface area contributed by atoms with Gasteiger partial charge in [0.2, 0.25) is 0 Å². The van der Waals surface area contributed by atoms with Gasteiger partial charge in [-0.2, -0.15) is 13.2 Å². The van der Waals surface area contributed by atoms with Crippen LogP contribution in [-0.2, 0) is 11.0 Å². The van der Waals surface area contributed by atoms with Gasteiger partial charge in [-0.3, -0.25) is 4.79 Å². The molecule has 0 amide bonds. The van der Waals surface area contributed by atoms with E-state index in [9.17, 15) is 18.0 Å². The molecule has 0 unspecified atom stereocenters. The van der Waals surface area contributed by atoms with Crippen molar-refractivity contribution in [2.24, 2.45) is 0 Å². The molecule has 0 spiro atoms. The molecule has 1 aromatic heterocycles. The zero-order chi connectivity index (χ0) is 16.3. The number of thioether (sulfide) groups is 1. The lowest BCUT2D eigenvalue weighted by atomic mass is 10.1. The van der Waals surface area contributed by atoms with E-state index in [4.69, 9.17) is 5.11 Å². The highest BCUT2D eigenvalue weighted by Gasteiger charge is 2.34. The Morgan fingerprint density at radius 1 is 1.23 bits per heavy atom. The second-order valence-electron chi connectivity index (χ2n) is 4.38. The maximum Gasteiger partial charge on any atom is 0.433 e. The van der Waals surface area contributed by atoms with Crippen molar-refractivity contribution in [1.29, 1.82) is 0 Å². The van der Waals surface area contributed by atoms with Crippen molar-refractivity contribution in [2.45, 2.75) is 23.5 Å². The Morgan fingerprint density at radius 2 is 1.86 bits per heavy atom. The largest absolute Gasteiger partial charge is 0.480 e. The van der Waals surface area contributed by atoms with Crippen LogP contribution in [-0.4, -0.2) is 26.3 Å². The summed E-state index contributed by atoms with van der Waals surface area (Å²) < 4.78 is 38.8. The first kappa shape index (κ1) is 16.3. The maximum absolute atomic E-state index is 12.9. The first-order chi connectivity index (χ1) is 10.3. The van der Waals surface area contributed by atoms with Crippen molar-refractivity contribution in [3.05, 3.63) is 42.1 Å². The summed E-state index contributed by atoms with van der Waals surface area (Å²) in [5.74, 6) is -1.15. The lowest BCUT2D eigenvalue weighted by Crippen LogP contribution is -2.14. The maximum atomic E-state index is 12.9. The van der Waals surface area contributed by atoms with Gasteiger partial charge in [-0.25, -0.2) is 9.97 Å². The molecule has 116 valence electrons. The fourth-order valence-electron chi connectivity index (χ4n) is 1.59. The van der Waals surface area contributed by atoms with E-state index < -0.39 is 23.1 Å². The van der Waals surface area contributed by atoms with E-state index in [0.29, 0.717) is 17.3 Å². The van der Waals surface area contributed by atoms with Crippen LogP contribution in [0.15, 0.2) is 41.6 Å². The van der Waals surface area contributed by atoms with Gasteiger partial charge in [-0.1, -0.05) is 42.1 Å². The Labute approximate surface area is 128 Å². The van der Waals surface area contributed by atoms with Gasteiger partial charge in [0, 0.05) is 5.56 Å². The van der Waals surface area contributed by atoms with Gasteiger partial charge in [0.05, 0.1) is 5.69 Å². The molecule has 22 heavy (non-hydrogen) atoms. The summed E-state index contributed by atoms with van der Waals surface area (Å²) in [6, 6.07) is 9.19. The van der Waals surface area contributed by atoms with Gasteiger partial charge < -0.3 is 5.11 Å². The number of carbonyl (C=O) groups is 1. The monoisotopic (exact) mass is 328 g/mol. The third-order valence-corrected chi connectivity index (χ3v) is 3.64. The number of benzene rings is 1. The summed E-state index contributed by atoms with van der Waals surface area (Å²) in [4.78, 5) is 18.3. The summed E-state index contributed by atoms with van der Waals surface area (Å²) in [5.41, 5.74) is -0.496. The molecular weight excluding hydrogens is 317 g/mol. The number of carboxylic acid groups (broad SMARTS) is 1. The van der Waals surface area contributed by atoms with Crippen molar-refractivity contribution < 1.29 is 23.1 Å². The molecule has 2 aromatic rings. The zero-order valence-corrected chi connectivity index (χ0v) is 12.1. The predicted octanol–water partition coefficient (Wildman–Crippen LogP) is 3.73. The van der Waals surface area contributed by atoms with E-state index in [1.807, 2.05) is 0 Å². The van der Waals surface area contributed by atoms with E-state index in [2.05, 4.69) is 9.97 Å². The molecule has 0 radical (unpaired) electrons. The summed E-state index contributed by atoms with van der Waals surface area (Å²) in [5, 5.41) is 7.69. The van der Waals surface area contributed by atoms with Crippen LogP contribution in [0.2, 0.25) is 0 Å². The number of aliphatic carboxylic acids is 1. The van der Waals surface area contributed by atoms with Crippen LogP contribution in [0.25, 0.3) is 11.3 Å². The van der Waals surface area contributed by atoms with Crippen LogP contribution in [0, 0.1) is 0 Å². The summed E-state index contributed by atoms with van der Waals surface area (Å²) in [7, 11) is 0. The number of halogens is 3. The average molecular weight is 328 g/mol. The van der Waals surface area contributed by atoms with Crippen LogP contribution < -0.4 is 0 Å². The van der Waals surface area contributed by atoms with Crippen molar-refractivity contribution in [3.63, 3.8) is 0 Å². The normalized spacial score (nSPS) is 12.9. The smallest absolute Gasteiger partial charge is 0.433 e. The third kappa shape index (κ3) is 3.97. The molecule has 0 fully saturated rings. The van der Waals surface area contributed by atoms with Crippen LogP contribution in [0.3, 0.4) is 0 Å². The molecule has 0 bridgehead atoms. The molecule has 1 atom stereocenters. The second-order valence-corrected chi connectivity index (χ2v) is 5.69. The number of hydrogen-bond acceptors (Lipinski definition) is 4. The number of hydrogen-bond donors (Lipinski definition) is 1. The molecule has 0 aliphatic rings. The Kier molecular flexibility index (Phi) is 4.70. The molecule has 1 aromatic carbocycles. The predicted molar refractivity (Wildman–Crippen MR) is 75.4 cm³/mol. The van der Waals surface area contributed by atoms with Gasteiger partial charge in [0.15, 0.2) is 5.16 Å². The van der Waals surface area contributed by atoms with Gasteiger partial charge in [-0.15, -0.1) is 0 Å². The molecule has 2 rings (SSSR count). The highest BCUT2D eigenvalue weighted by atomic mass is 32.2. The van der Waals surface area contributed by atoms with Crippen molar-refractivity contribution in [3.8, 4) is 11.3 Å². The number of aromatic nitrogens is 2. The van der Waals surface area contributed by atoms with Gasteiger partial charge in [0.1, 0.15) is 10.9 Å². The van der Waals surface area contributed by atoms with E-state index in [0.717, 1.165) is 6.07 Å². The lowest BCUT2D eigenvalue weighted by molar-refractivity contribution is -0.141. The van der Waals surface area contributed by atoms with Gasteiger partial charge in [0.25, 0.3) is 0 Å². The minimum Gasteiger partial charge on any atom is -0.480 e. The minimum atomic E-state index is -4.63. The van der Waals surface area contributed by atoms with Crippen LogP contribution in [0.5, 0.6) is 0 Å². The highest BCUT2D eigenvalue weighted by Crippen LogP contribution is 2.32. The summed E-state index contributed by atoms with van der Waals surface area (Å²) in [6.45, 7) is 1.36. The molecule has 0 saturated heterocycles. The molecular formula is C14H11F3N2O2S. The lowest BCUT2D eigenvalue weighted by Gasteiger charge is -2.11. The Morgan fingerprint density at radius 3 is 2.41 bits per heavy atom. The van der Waals surface area contributed by atoms with Gasteiger partial charge in [-0.05, 0) is 13.0 Å². The molecule has 0 saturated carbocycles. The van der Waals surface area contributed by atoms with E-state index >= 15 is 0 Å². The molecule has 8 heteroatoms. The molecule has 1 N–H and O–H groups in total. The van der Waals surface area contributed by atoms with Gasteiger partial charge >= 0.3 is 12.1 Å². The fourth-order valence-corrected chi connectivity index (χ4v) is 2.31. The number of rotatable bonds is 4. The fraction of sp³-hybridized carbons (Fsp3) is 0.214. The number of carboxylic acids is 1. The topological polar surface area (TPSA) is 63.1 Å². The summed E-state index contributed by atoms with van der Waals surface area (Å²) in [6.07, 6.45) is -4.63. The SMILES string of the molecule is C[C@H](Sc1nc(-c2ccccc2)cc(C(F)(F)F)n1)C(=O)O. The van der Waals surface area contributed by atoms with Crippen molar-refractivity contribution >= 4 is 17.7 Å². The van der Waals surface area contributed by atoms with Crippen LogP contribution >= 0.6 is 11.8 Å². The Balaban J connectivity index is 2.48. The standard InChI is InChI=1S/C14H11F3N2O2S/c1-8(12(20)21)22-13-18-10(9-5-3-2-4-6-9)7-11(19-13)14(15,16)17/h2-8H,1H3,(H,20,21)/t8-/m0/s1. The third-order valence-electron chi connectivity index (χ3n) is 2.70. The van der Waals surface area contributed by atoms with E-state index in [1.165, 1.54) is 6.92 Å². The van der Waals surface area contributed by atoms with Crippen LogP contribution in [0.1, 0.15) is 12.6 Å². The highest BCUT2D eigenvalue weighted by molar-refractivity contribution is 8.00. The minimum absolute atomic E-state index is 0.100. The quantitative estimate of drug-likeness (QED) is 0.684. The molecule has 1 heterocycles. The van der Waals surface area contributed by atoms with E-state index in [-0.39, 0.29) is 10.9 Å². The van der Waals surface area contributed by atoms with Crippen LogP contribution in [0.4, 0.5) is 13.2 Å². The average Bonchev–Trinajstić information content (AvgIpc) is 2.46. The number of nitrogens with zero attached hydrogens (tertiary/aromatic N) is 2.